The molecule has 1 aromatic heterocycles. The van der Waals surface area contributed by atoms with Gasteiger partial charge in [-0.05, 0) is 24.3 Å². The van der Waals surface area contributed by atoms with E-state index in [1.165, 1.54) is 24.1 Å². The summed E-state index contributed by atoms with van der Waals surface area (Å²) in [5.74, 6) is 0. The highest BCUT2D eigenvalue weighted by atomic mass is 32.1. The zero-order valence-corrected chi connectivity index (χ0v) is 11.2. The molecule has 0 saturated carbocycles. The summed E-state index contributed by atoms with van der Waals surface area (Å²) < 4.78 is 5.23. The number of thiophene rings is 1. The van der Waals surface area contributed by atoms with E-state index in [1.807, 2.05) is 11.3 Å². The van der Waals surface area contributed by atoms with Gasteiger partial charge in [-0.2, -0.15) is 0 Å². The molecule has 1 unspecified atom stereocenters. The largest absolute Gasteiger partial charge is 0.383 e. The standard InChI is InChI=1S/C13H23NOS/c1-3-4-6-12(11-15-2)14-9-8-13-7-5-10-16-13/h5,7,10,12,14H,3-4,6,8-9,11H2,1-2H3. The van der Waals surface area contributed by atoms with E-state index in [-0.39, 0.29) is 0 Å². The van der Waals surface area contributed by atoms with Crippen LogP contribution in [0.3, 0.4) is 0 Å². The van der Waals surface area contributed by atoms with Crippen LogP contribution in [0.15, 0.2) is 17.5 Å². The highest BCUT2D eigenvalue weighted by Crippen LogP contribution is 2.08. The first kappa shape index (κ1) is 13.7. The first-order chi connectivity index (χ1) is 7.86. The van der Waals surface area contributed by atoms with E-state index in [9.17, 15) is 0 Å². The van der Waals surface area contributed by atoms with E-state index in [4.69, 9.17) is 4.74 Å². The van der Waals surface area contributed by atoms with Crippen LogP contribution >= 0.6 is 11.3 Å². The zero-order chi connectivity index (χ0) is 11.6. The summed E-state index contributed by atoms with van der Waals surface area (Å²) >= 11 is 1.83. The van der Waals surface area contributed by atoms with Crippen LogP contribution in [0.25, 0.3) is 0 Å². The van der Waals surface area contributed by atoms with Crippen LogP contribution in [0.4, 0.5) is 0 Å². The van der Waals surface area contributed by atoms with Crippen molar-refractivity contribution in [3.05, 3.63) is 22.4 Å². The third kappa shape index (κ3) is 5.64. The number of ether oxygens (including phenoxy) is 1. The minimum atomic E-state index is 0.518. The number of nitrogens with one attached hydrogen (secondary N) is 1. The molecule has 0 radical (unpaired) electrons. The van der Waals surface area contributed by atoms with Crippen LogP contribution in [0, 0.1) is 0 Å². The fourth-order valence-corrected chi connectivity index (χ4v) is 2.46. The van der Waals surface area contributed by atoms with E-state index >= 15 is 0 Å². The summed E-state index contributed by atoms with van der Waals surface area (Å²) in [6.45, 7) is 4.11. The van der Waals surface area contributed by atoms with Gasteiger partial charge in [-0.1, -0.05) is 25.8 Å². The Bertz CT molecular complexity index is 248. The van der Waals surface area contributed by atoms with E-state index < -0.39 is 0 Å². The van der Waals surface area contributed by atoms with Gasteiger partial charge in [0, 0.05) is 24.6 Å². The minimum absolute atomic E-state index is 0.518. The second-order valence-corrected chi connectivity index (χ2v) is 5.11. The van der Waals surface area contributed by atoms with Gasteiger partial charge in [-0.15, -0.1) is 11.3 Å². The lowest BCUT2D eigenvalue weighted by Crippen LogP contribution is -2.34. The van der Waals surface area contributed by atoms with Crippen molar-refractivity contribution in [1.82, 2.24) is 5.32 Å². The molecule has 0 aliphatic heterocycles. The van der Waals surface area contributed by atoms with Gasteiger partial charge in [0.25, 0.3) is 0 Å². The Morgan fingerprint density at radius 1 is 1.50 bits per heavy atom. The normalized spacial score (nSPS) is 12.9. The molecule has 0 fully saturated rings. The maximum Gasteiger partial charge on any atom is 0.0615 e. The lowest BCUT2D eigenvalue weighted by atomic mass is 10.1. The van der Waals surface area contributed by atoms with Gasteiger partial charge < -0.3 is 10.1 Å². The number of rotatable bonds is 9. The fourth-order valence-electron chi connectivity index (χ4n) is 1.75. The van der Waals surface area contributed by atoms with Crippen molar-refractivity contribution in [3.63, 3.8) is 0 Å². The number of hydrogen-bond acceptors (Lipinski definition) is 3. The van der Waals surface area contributed by atoms with Gasteiger partial charge >= 0.3 is 0 Å². The highest BCUT2D eigenvalue weighted by Gasteiger charge is 2.06. The molecule has 1 N–H and O–H groups in total. The summed E-state index contributed by atoms with van der Waals surface area (Å²) in [4.78, 5) is 1.46. The fraction of sp³-hybridized carbons (Fsp3) is 0.692. The lowest BCUT2D eigenvalue weighted by Gasteiger charge is -2.17. The molecular formula is C13H23NOS. The van der Waals surface area contributed by atoms with Crippen molar-refractivity contribution in [2.75, 3.05) is 20.3 Å². The average Bonchev–Trinajstić information content (AvgIpc) is 2.79. The molecule has 1 heterocycles. The van der Waals surface area contributed by atoms with Gasteiger partial charge in [0.15, 0.2) is 0 Å². The maximum atomic E-state index is 5.23. The van der Waals surface area contributed by atoms with Crippen LogP contribution in [0.2, 0.25) is 0 Å². The van der Waals surface area contributed by atoms with E-state index in [0.717, 1.165) is 19.6 Å². The zero-order valence-electron chi connectivity index (χ0n) is 10.4. The molecule has 92 valence electrons. The van der Waals surface area contributed by atoms with Crippen LogP contribution < -0.4 is 5.32 Å². The van der Waals surface area contributed by atoms with Crippen molar-refractivity contribution in [3.8, 4) is 0 Å². The molecular weight excluding hydrogens is 218 g/mol. The predicted molar refractivity (Wildman–Crippen MR) is 71.2 cm³/mol. The molecule has 0 saturated heterocycles. The third-order valence-electron chi connectivity index (χ3n) is 2.66. The summed E-state index contributed by atoms with van der Waals surface area (Å²) in [6.07, 6.45) is 4.88. The molecule has 0 aromatic carbocycles. The Labute approximate surface area is 103 Å². The molecule has 1 atom stereocenters. The van der Waals surface area contributed by atoms with E-state index in [0.29, 0.717) is 6.04 Å². The minimum Gasteiger partial charge on any atom is -0.383 e. The van der Waals surface area contributed by atoms with Crippen LogP contribution in [-0.2, 0) is 11.2 Å². The van der Waals surface area contributed by atoms with Crippen molar-refractivity contribution in [2.24, 2.45) is 0 Å². The summed E-state index contributed by atoms with van der Waals surface area (Å²) in [5.41, 5.74) is 0. The van der Waals surface area contributed by atoms with Gasteiger partial charge in [-0.25, -0.2) is 0 Å². The molecule has 16 heavy (non-hydrogen) atoms. The smallest absolute Gasteiger partial charge is 0.0615 e. The molecule has 0 amide bonds. The molecule has 0 aliphatic rings. The van der Waals surface area contributed by atoms with Gasteiger partial charge in [0.2, 0.25) is 0 Å². The molecule has 2 nitrogen and oxygen atoms in total. The van der Waals surface area contributed by atoms with E-state index in [1.54, 1.807) is 7.11 Å². The highest BCUT2D eigenvalue weighted by molar-refractivity contribution is 7.09. The second kappa shape index (κ2) is 8.74. The Morgan fingerprint density at radius 3 is 3.00 bits per heavy atom. The van der Waals surface area contributed by atoms with Crippen molar-refractivity contribution < 1.29 is 4.74 Å². The predicted octanol–water partition coefficient (Wildman–Crippen LogP) is 3.09. The van der Waals surface area contributed by atoms with Gasteiger partial charge in [0.1, 0.15) is 0 Å². The van der Waals surface area contributed by atoms with E-state index in [2.05, 4.69) is 29.8 Å². The first-order valence-corrected chi connectivity index (χ1v) is 6.99. The Hall–Kier alpha value is -0.380. The molecule has 1 rings (SSSR count). The SMILES string of the molecule is CCCCC(COC)NCCc1cccs1. The number of hydrogen-bond donors (Lipinski definition) is 1. The molecule has 0 spiro atoms. The summed E-state index contributed by atoms with van der Waals surface area (Å²) in [7, 11) is 1.78. The molecule has 1 aromatic rings. The number of unbranched alkanes of at least 4 members (excludes halogenated alkanes) is 1. The maximum absolute atomic E-state index is 5.23. The Morgan fingerprint density at radius 2 is 2.38 bits per heavy atom. The molecule has 3 heteroatoms. The monoisotopic (exact) mass is 241 g/mol. The molecule has 0 aliphatic carbocycles. The van der Waals surface area contributed by atoms with Crippen LogP contribution in [0.1, 0.15) is 31.1 Å². The van der Waals surface area contributed by atoms with Crippen molar-refractivity contribution in [1.29, 1.82) is 0 Å². The Balaban J connectivity index is 2.15. The van der Waals surface area contributed by atoms with Crippen LogP contribution in [0.5, 0.6) is 0 Å². The van der Waals surface area contributed by atoms with Crippen molar-refractivity contribution >= 4 is 11.3 Å². The quantitative estimate of drug-likeness (QED) is 0.717. The van der Waals surface area contributed by atoms with Crippen LogP contribution in [-0.4, -0.2) is 26.3 Å². The summed E-state index contributed by atoms with van der Waals surface area (Å²) in [6, 6.07) is 4.83. The Kier molecular flexibility index (Phi) is 7.47. The average molecular weight is 241 g/mol. The lowest BCUT2D eigenvalue weighted by molar-refractivity contribution is 0.161. The van der Waals surface area contributed by atoms with Gasteiger partial charge in [0.05, 0.1) is 6.61 Å². The number of methoxy groups -OCH3 is 1. The second-order valence-electron chi connectivity index (χ2n) is 4.08. The van der Waals surface area contributed by atoms with Gasteiger partial charge in [-0.3, -0.25) is 0 Å². The topological polar surface area (TPSA) is 21.3 Å². The van der Waals surface area contributed by atoms with Crippen molar-refractivity contribution in [2.45, 2.75) is 38.6 Å². The first-order valence-electron chi connectivity index (χ1n) is 6.11. The third-order valence-corrected chi connectivity index (χ3v) is 3.59. The summed E-state index contributed by atoms with van der Waals surface area (Å²) in [5, 5.41) is 5.71. The molecule has 0 bridgehead atoms.